The van der Waals surface area contributed by atoms with Crippen molar-refractivity contribution in [2.75, 3.05) is 0 Å². The molecule has 1 rings (SSSR count). The number of carboxylic acid groups (broad SMARTS) is 2. The first-order valence-corrected chi connectivity index (χ1v) is 4.27. The van der Waals surface area contributed by atoms with E-state index in [1.54, 1.807) is 0 Å². The molecule has 0 bridgehead atoms. The quantitative estimate of drug-likeness (QED) is 0.534. The minimum absolute atomic E-state index is 0.150. The van der Waals surface area contributed by atoms with Crippen LogP contribution in [0.4, 0.5) is 0 Å². The predicted molar refractivity (Wildman–Crippen MR) is 42.8 cm³/mol. The number of hydrogen-bond donors (Lipinski definition) is 3. The standard InChI is InChI=1S/C8H13NO4/c9-8(7(12)13)3-1-2-5(4-8)6(10)11/h5H,1-4,9H2,(H,10,11)(H,12,13)/p+1/t5-,8-/m0/s1. The van der Waals surface area contributed by atoms with Gasteiger partial charge >= 0.3 is 11.9 Å². The smallest absolute Gasteiger partial charge is 0.365 e. The first kappa shape index (κ1) is 9.98. The lowest BCUT2D eigenvalue weighted by Gasteiger charge is -2.29. The number of quaternary nitrogens is 1. The predicted octanol–water partition coefficient (Wildman–Crippen LogP) is -0.674. The second kappa shape index (κ2) is 3.33. The Labute approximate surface area is 75.5 Å². The van der Waals surface area contributed by atoms with Gasteiger partial charge in [0.25, 0.3) is 0 Å². The molecule has 74 valence electrons. The summed E-state index contributed by atoms with van der Waals surface area (Å²) in [4.78, 5) is 21.4. The Morgan fingerprint density at radius 3 is 2.46 bits per heavy atom. The average molecular weight is 188 g/mol. The zero-order valence-electron chi connectivity index (χ0n) is 7.32. The van der Waals surface area contributed by atoms with Crippen LogP contribution in [0.1, 0.15) is 25.7 Å². The second-order valence-corrected chi connectivity index (χ2v) is 3.72. The normalized spacial score (nSPS) is 34.1. The van der Waals surface area contributed by atoms with E-state index in [0.29, 0.717) is 19.3 Å². The molecule has 0 radical (unpaired) electrons. The van der Waals surface area contributed by atoms with Crippen molar-refractivity contribution >= 4 is 11.9 Å². The molecular formula is C8H14NO4+. The molecule has 0 unspecified atom stereocenters. The highest BCUT2D eigenvalue weighted by Gasteiger charge is 2.45. The lowest BCUT2D eigenvalue weighted by atomic mass is 9.76. The molecule has 0 heterocycles. The monoisotopic (exact) mass is 188 g/mol. The fraction of sp³-hybridized carbons (Fsp3) is 0.750. The fourth-order valence-electron chi connectivity index (χ4n) is 1.77. The van der Waals surface area contributed by atoms with Gasteiger partial charge < -0.3 is 15.9 Å². The van der Waals surface area contributed by atoms with Crippen molar-refractivity contribution in [2.24, 2.45) is 5.92 Å². The van der Waals surface area contributed by atoms with E-state index in [1.165, 1.54) is 0 Å². The minimum atomic E-state index is -1.08. The van der Waals surface area contributed by atoms with Crippen LogP contribution in [0, 0.1) is 5.92 Å². The van der Waals surface area contributed by atoms with Gasteiger partial charge in [-0.15, -0.1) is 0 Å². The third-order valence-electron chi connectivity index (χ3n) is 2.65. The van der Waals surface area contributed by atoms with Crippen LogP contribution in [0.3, 0.4) is 0 Å². The van der Waals surface area contributed by atoms with Gasteiger partial charge in [-0.2, -0.15) is 0 Å². The van der Waals surface area contributed by atoms with E-state index in [2.05, 4.69) is 5.73 Å². The van der Waals surface area contributed by atoms with Crippen molar-refractivity contribution in [3.8, 4) is 0 Å². The Bertz CT molecular complexity index is 240. The first-order valence-electron chi connectivity index (χ1n) is 4.27. The maximum atomic E-state index is 10.8. The van der Waals surface area contributed by atoms with Crippen molar-refractivity contribution in [3.05, 3.63) is 0 Å². The largest absolute Gasteiger partial charge is 0.481 e. The summed E-state index contributed by atoms with van der Waals surface area (Å²) >= 11 is 0. The van der Waals surface area contributed by atoms with Crippen molar-refractivity contribution in [2.45, 2.75) is 31.2 Å². The van der Waals surface area contributed by atoms with Gasteiger partial charge in [-0.25, -0.2) is 4.79 Å². The summed E-state index contributed by atoms with van der Waals surface area (Å²) < 4.78 is 0. The Hall–Kier alpha value is -1.10. The lowest BCUT2D eigenvalue weighted by molar-refractivity contribution is -0.470. The van der Waals surface area contributed by atoms with Gasteiger partial charge in [0.05, 0.1) is 5.92 Å². The molecule has 0 spiro atoms. The molecule has 0 aromatic heterocycles. The first-order chi connectivity index (χ1) is 5.96. The van der Waals surface area contributed by atoms with Gasteiger partial charge in [0.2, 0.25) is 0 Å². The molecule has 0 aromatic rings. The zero-order chi connectivity index (χ0) is 10.1. The van der Waals surface area contributed by atoms with E-state index in [-0.39, 0.29) is 6.42 Å². The summed E-state index contributed by atoms with van der Waals surface area (Å²) in [6, 6.07) is 0. The summed E-state index contributed by atoms with van der Waals surface area (Å²) in [5.74, 6) is -2.44. The van der Waals surface area contributed by atoms with Crippen molar-refractivity contribution in [1.82, 2.24) is 0 Å². The summed E-state index contributed by atoms with van der Waals surface area (Å²) in [5, 5.41) is 17.6. The van der Waals surface area contributed by atoms with Crippen molar-refractivity contribution in [3.63, 3.8) is 0 Å². The number of carbonyl (C=O) groups is 2. The van der Waals surface area contributed by atoms with Gasteiger partial charge in [0.1, 0.15) is 0 Å². The Morgan fingerprint density at radius 2 is 2.00 bits per heavy atom. The summed E-state index contributed by atoms with van der Waals surface area (Å²) in [6.07, 6.45) is 1.83. The zero-order valence-corrected chi connectivity index (χ0v) is 7.32. The fourth-order valence-corrected chi connectivity index (χ4v) is 1.77. The van der Waals surface area contributed by atoms with E-state index >= 15 is 0 Å². The molecule has 0 saturated heterocycles. The Kier molecular flexibility index (Phi) is 2.56. The van der Waals surface area contributed by atoms with E-state index in [4.69, 9.17) is 10.2 Å². The highest BCUT2D eigenvalue weighted by molar-refractivity contribution is 5.79. The maximum Gasteiger partial charge on any atom is 0.365 e. The summed E-state index contributed by atoms with van der Waals surface area (Å²) in [6.45, 7) is 0. The van der Waals surface area contributed by atoms with Gasteiger partial charge in [0.15, 0.2) is 5.54 Å². The van der Waals surface area contributed by atoms with E-state index < -0.39 is 23.4 Å². The maximum absolute atomic E-state index is 10.8. The van der Waals surface area contributed by atoms with Gasteiger partial charge in [0, 0.05) is 12.8 Å². The molecule has 5 N–H and O–H groups in total. The van der Waals surface area contributed by atoms with Crippen LogP contribution >= 0.6 is 0 Å². The molecule has 5 nitrogen and oxygen atoms in total. The van der Waals surface area contributed by atoms with Crippen LogP contribution in [-0.4, -0.2) is 27.7 Å². The molecule has 13 heavy (non-hydrogen) atoms. The van der Waals surface area contributed by atoms with E-state index in [1.807, 2.05) is 0 Å². The van der Waals surface area contributed by atoms with Crippen LogP contribution in [-0.2, 0) is 9.59 Å². The van der Waals surface area contributed by atoms with E-state index in [0.717, 1.165) is 0 Å². The third-order valence-corrected chi connectivity index (χ3v) is 2.65. The van der Waals surface area contributed by atoms with Gasteiger partial charge in [-0.1, -0.05) is 0 Å². The molecule has 2 atom stereocenters. The second-order valence-electron chi connectivity index (χ2n) is 3.72. The molecule has 1 fully saturated rings. The highest BCUT2D eigenvalue weighted by atomic mass is 16.4. The minimum Gasteiger partial charge on any atom is -0.481 e. The average Bonchev–Trinajstić information content (AvgIpc) is 2.04. The molecule has 0 aliphatic heterocycles. The summed E-state index contributed by atoms with van der Waals surface area (Å²) in [5.41, 5.74) is 2.52. The van der Waals surface area contributed by atoms with Gasteiger partial charge in [-0.05, 0) is 12.8 Å². The lowest BCUT2D eigenvalue weighted by Crippen LogP contribution is -2.78. The molecule has 5 heteroatoms. The number of carboxylic acids is 2. The van der Waals surface area contributed by atoms with Crippen LogP contribution in [0.2, 0.25) is 0 Å². The molecular weight excluding hydrogens is 174 g/mol. The molecule has 0 aromatic carbocycles. The summed E-state index contributed by atoms with van der Waals surface area (Å²) in [7, 11) is 0. The van der Waals surface area contributed by atoms with Crippen molar-refractivity contribution in [1.29, 1.82) is 0 Å². The van der Waals surface area contributed by atoms with Crippen LogP contribution in [0.25, 0.3) is 0 Å². The number of hydrogen-bond acceptors (Lipinski definition) is 2. The Morgan fingerprint density at radius 1 is 1.38 bits per heavy atom. The van der Waals surface area contributed by atoms with Gasteiger partial charge in [-0.3, -0.25) is 4.79 Å². The van der Waals surface area contributed by atoms with E-state index in [9.17, 15) is 9.59 Å². The molecule has 1 aliphatic carbocycles. The third kappa shape index (κ3) is 1.98. The number of rotatable bonds is 2. The Balaban J connectivity index is 2.71. The van der Waals surface area contributed by atoms with Crippen LogP contribution in [0.15, 0.2) is 0 Å². The highest BCUT2D eigenvalue weighted by Crippen LogP contribution is 2.29. The molecule has 0 amide bonds. The van der Waals surface area contributed by atoms with Crippen molar-refractivity contribution < 1.29 is 25.5 Å². The topological polar surface area (TPSA) is 102 Å². The molecule has 1 saturated carbocycles. The van der Waals surface area contributed by atoms with Crippen LogP contribution in [0.5, 0.6) is 0 Å². The van der Waals surface area contributed by atoms with Crippen LogP contribution < -0.4 is 5.73 Å². The molecule has 1 aliphatic rings. The SMILES string of the molecule is [NH3+][C@@]1(C(=O)O)CCC[C@H](C(=O)O)C1. The number of aliphatic carboxylic acids is 2.